The molecule has 5 rings (SSSR count). The SMILES string of the molecule is COc1cccc(CNC(=O)C2Cn3ccnc3C3(CCN(CC4CCOCC4)CC3)O2)c1. The van der Waals surface area contributed by atoms with Crippen molar-refractivity contribution in [2.24, 2.45) is 5.92 Å². The Morgan fingerprint density at radius 3 is 2.88 bits per heavy atom. The van der Waals surface area contributed by atoms with E-state index in [4.69, 9.17) is 14.2 Å². The molecule has 1 spiro atoms. The highest BCUT2D eigenvalue weighted by atomic mass is 16.5. The maximum absolute atomic E-state index is 13.1. The maximum Gasteiger partial charge on any atom is 0.251 e. The van der Waals surface area contributed by atoms with Gasteiger partial charge in [0.1, 0.15) is 17.2 Å². The lowest BCUT2D eigenvalue weighted by atomic mass is 9.87. The number of hydrogen-bond donors (Lipinski definition) is 1. The van der Waals surface area contributed by atoms with Crippen molar-refractivity contribution < 1.29 is 19.0 Å². The van der Waals surface area contributed by atoms with Gasteiger partial charge in [0, 0.05) is 51.8 Å². The van der Waals surface area contributed by atoms with Crippen LogP contribution in [0.3, 0.4) is 0 Å². The minimum Gasteiger partial charge on any atom is -0.497 e. The molecule has 1 N–H and O–H groups in total. The predicted molar refractivity (Wildman–Crippen MR) is 123 cm³/mol. The maximum atomic E-state index is 13.1. The van der Waals surface area contributed by atoms with Crippen LogP contribution in [0.4, 0.5) is 0 Å². The van der Waals surface area contributed by atoms with E-state index in [1.165, 1.54) is 0 Å². The largest absolute Gasteiger partial charge is 0.497 e. The second-order valence-corrected chi connectivity index (χ2v) is 9.43. The molecule has 178 valence electrons. The summed E-state index contributed by atoms with van der Waals surface area (Å²) in [5.74, 6) is 2.38. The van der Waals surface area contributed by atoms with Gasteiger partial charge in [-0.05, 0) is 49.3 Å². The average Bonchev–Trinajstić information content (AvgIpc) is 3.35. The Morgan fingerprint density at radius 1 is 1.27 bits per heavy atom. The topological polar surface area (TPSA) is 77.9 Å². The summed E-state index contributed by atoms with van der Waals surface area (Å²) < 4.78 is 19.5. The summed E-state index contributed by atoms with van der Waals surface area (Å²) in [6, 6.07) is 7.74. The van der Waals surface area contributed by atoms with Crippen molar-refractivity contribution in [1.29, 1.82) is 0 Å². The molecule has 2 aromatic rings. The predicted octanol–water partition coefficient (Wildman–Crippen LogP) is 2.32. The fourth-order valence-electron chi connectivity index (χ4n) is 5.35. The highest BCUT2D eigenvalue weighted by Crippen LogP contribution is 2.40. The molecule has 3 aliphatic heterocycles. The molecule has 2 fully saturated rings. The molecule has 0 saturated carbocycles. The molecule has 0 bridgehead atoms. The zero-order valence-corrected chi connectivity index (χ0v) is 19.4. The molecule has 1 unspecified atom stereocenters. The van der Waals surface area contributed by atoms with Crippen molar-refractivity contribution >= 4 is 5.91 Å². The molecule has 1 aromatic heterocycles. The van der Waals surface area contributed by atoms with E-state index in [2.05, 4.69) is 19.8 Å². The number of carbonyl (C=O) groups is 1. The number of hydrogen-bond acceptors (Lipinski definition) is 6. The van der Waals surface area contributed by atoms with Gasteiger partial charge in [-0.15, -0.1) is 0 Å². The van der Waals surface area contributed by atoms with E-state index in [0.29, 0.717) is 13.1 Å². The Bertz CT molecular complexity index is 947. The molecular weight excluding hydrogens is 420 g/mol. The van der Waals surface area contributed by atoms with Crippen LogP contribution in [-0.2, 0) is 33.0 Å². The lowest BCUT2D eigenvalue weighted by Gasteiger charge is -2.46. The molecule has 2 saturated heterocycles. The molecule has 1 aromatic carbocycles. The lowest BCUT2D eigenvalue weighted by Crippen LogP contribution is -2.54. The number of piperidine rings is 1. The number of imidazole rings is 1. The molecule has 8 nitrogen and oxygen atoms in total. The first-order valence-corrected chi connectivity index (χ1v) is 12.1. The van der Waals surface area contributed by atoms with E-state index in [1.54, 1.807) is 7.11 Å². The van der Waals surface area contributed by atoms with Crippen LogP contribution in [0.15, 0.2) is 36.7 Å². The molecule has 33 heavy (non-hydrogen) atoms. The summed E-state index contributed by atoms with van der Waals surface area (Å²) in [4.78, 5) is 20.3. The van der Waals surface area contributed by atoms with E-state index < -0.39 is 11.7 Å². The van der Waals surface area contributed by atoms with E-state index in [1.807, 2.05) is 36.7 Å². The number of ether oxygens (including phenoxy) is 3. The Hall–Kier alpha value is -2.42. The third-order valence-electron chi connectivity index (χ3n) is 7.27. The summed E-state index contributed by atoms with van der Waals surface area (Å²) in [6.07, 6.45) is 7.27. The van der Waals surface area contributed by atoms with Crippen molar-refractivity contribution in [3.63, 3.8) is 0 Å². The standard InChI is InChI=1S/C25H34N4O4/c1-31-21-4-2-3-20(15-21)16-27-23(30)22-18-29-12-9-26-24(29)25(33-22)7-10-28(11-8-25)17-19-5-13-32-14-6-19/h2-4,9,12,15,19,22H,5-8,10-11,13-14,16-18H2,1H3,(H,27,30). The second kappa shape index (κ2) is 9.83. The number of nitrogens with one attached hydrogen (secondary N) is 1. The Labute approximate surface area is 195 Å². The first-order valence-electron chi connectivity index (χ1n) is 12.1. The fourth-order valence-corrected chi connectivity index (χ4v) is 5.35. The van der Waals surface area contributed by atoms with Crippen molar-refractivity contribution in [2.45, 2.75) is 50.5 Å². The number of nitrogens with zero attached hydrogens (tertiary/aromatic N) is 3. The van der Waals surface area contributed by atoms with Gasteiger partial charge in [-0.3, -0.25) is 4.79 Å². The van der Waals surface area contributed by atoms with Crippen LogP contribution < -0.4 is 10.1 Å². The number of amides is 1. The van der Waals surface area contributed by atoms with Gasteiger partial charge in [-0.25, -0.2) is 4.98 Å². The lowest BCUT2D eigenvalue weighted by molar-refractivity contribution is -0.174. The minimum atomic E-state index is -0.528. The van der Waals surface area contributed by atoms with Crippen molar-refractivity contribution in [1.82, 2.24) is 19.8 Å². The van der Waals surface area contributed by atoms with Crippen molar-refractivity contribution in [3.05, 3.63) is 48.0 Å². The number of aromatic nitrogens is 2. The minimum absolute atomic E-state index is 0.0822. The molecule has 1 atom stereocenters. The summed E-state index contributed by atoms with van der Waals surface area (Å²) in [5.41, 5.74) is 0.504. The second-order valence-electron chi connectivity index (χ2n) is 9.43. The first kappa shape index (κ1) is 22.4. The van der Waals surface area contributed by atoms with Crippen LogP contribution in [0.2, 0.25) is 0 Å². The van der Waals surface area contributed by atoms with Gasteiger partial charge < -0.3 is 29.0 Å². The van der Waals surface area contributed by atoms with E-state index in [0.717, 1.165) is 81.6 Å². The van der Waals surface area contributed by atoms with Crippen LogP contribution in [0.5, 0.6) is 5.75 Å². The average molecular weight is 455 g/mol. The Kier molecular flexibility index (Phi) is 6.66. The molecule has 8 heteroatoms. The highest BCUT2D eigenvalue weighted by molar-refractivity contribution is 5.81. The molecule has 0 aliphatic carbocycles. The van der Waals surface area contributed by atoms with Crippen molar-refractivity contribution in [2.75, 3.05) is 40.0 Å². The smallest absolute Gasteiger partial charge is 0.251 e. The number of carbonyl (C=O) groups excluding carboxylic acids is 1. The molecular formula is C25H34N4O4. The first-order chi connectivity index (χ1) is 16.1. The van der Waals surface area contributed by atoms with Crippen molar-refractivity contribution in [3.8, 4) is 5.75 Å². The van der Waals surface area contributed by atoms with Gasteiger partial charge in [-0.2, -0.15) is 0 Å². The Morgan fingerprint density at radius 2 is 2.09 bits per heavy atom. The zero-order valence-electron chi connectivity index (χ0n) is 19.4. The van der Waals surface area contributed by atoms with Crippen LogP contribution in [-0.4, -0.2) is 66.4 Å². The number of likely N-dealkylation sites (tertiary alicyclic amines) is 1. The van der Waals surface area contributed by atoms with Crippen LogP contribution in [0, 0.1) is 5.92 Å². The number of benzene rings is 1. The fraction of sp³-hybridized carbons (Fsp3) is 0.600. The summed E-state index contributed by atoms with van der Waals surface area (Å²) in [6.45, 7) is 5.75. The number of rotatable bonds is 6. The normalized spacial score (nSPS) is 23.2. The van der Waals surface area contributed by atoms with Crippen LogP contribution in [0.25, 0.3) is 0 Å². The number of methoxy groups -OCH3 is 1. The third kappa shape index (κ3) is 4.93. The molecule has 1 amide bonds. The van der Waals surface area contributed by atoms with E-state index in [-0.39, 0.29) is 5.91 Å². The van der Waals surface area contributed by atoms with Gasteiger partial charge in [0.15, 0.2) is 6.10 Å². The highest BCUT2D eigenvalue weighted by Gasteiger charge is 2.47. The monoisotopic (exact) mass is 454 g/mol. The third-order valence-corrected chi connectivity index (χ3v) is 7.27. The summed E-state index contributed by atoms with van der Waals surface area (Å²) in [7, 11) is 1.64. The van der Waals surface area contributed by atoms with E-state index in [9.17, 15) is 4.79 Å². The van der Waals surface area contributed by atoms with Gasteiger partial charge in [0.25, 0.3) is 5.91 Å². The Balaban J connectivity index is 1.22. The van der Waals surface area contributed by atoms with E-state index >= 15 is 0 Å². The summed E-state index contributed by atoms with van der Waals surface area (Å²) >= 11 is 0. The van der Waals surface area contributed by atoms with Gasteiger partial charge in [-0.1, -0.05) is 12.1 Å². The van der Waals surface area contributed by atoms with Crippen LogP contribution >= 0.6 is 0 Å². The van der Waals surface area contributed by atoms with Crippen LogP contribution in [0.1, 0.15) is 37.1 Å². The van der Waals surface area contributed by atoms with Gasteiger partial charge >= 0.3 is 0 Å². The molecule has 4 heterocycles. The molecule has 3 aliphatic rings. The zero-order chi connectivity index (χ0) is 22.7. The quantitative estimate of drug-likeness (QED) is 0.722. The van der Waals surface area contributed by atoms with Gasteiger partial charge in [0.05, 0.1) is 13.7 Å². The van der Waals surface area contributed by atoms with Gasteiger partial charge in [0.2, 0.25) is 0 Å². The summed E-state index contributed by atoms with van der Waals surface area (Å²) in [5, 5.41) is 3.05. The molecule has 0 radical (unpaired) electrons. The number of fused-ring (bicyclic) bond motifs is 2.